The highest BCUT2D eigenvalue weighted by Gasteiger charge is 2.35. The minimum atomic E-state index is -3.35. The fourth-order valence-electron chi connectivity index (χ4n) is 2.54. The Kier molecular flexibility index (Phi) is 4.04. The van der Waals surface area contributed by atoms with Crippen molar-refractivity contribution in [3.63, 3.8) is 0 Å². The molecule has 100 valence electrons. The first-order chi connectivity index (χ1) is 8.57. The maximum absolute atomic E-state index is 12.6. The summed E-state index contributed by atoms with van der Waals surface area (Å²) in [5.41, 5.74) is 0.813. The Bertz CT molecular complexity index is 513. The van der Waals surface area contributed by atoms with Crippen LogP contribution in [0.2, 0.25) is 0 Å². The minimum absolute atomic E-state index is 0.0830. The second-order valence-electron chi connectivity index (χ2n) is 4.73. The summed E-state index contributed by atoms with van der Waals surface area (Å²) >= 11 is 0. The van der Waals surface area contributed by atoms with Crippen LogP contribution < -0.4 is 5.32 Å². The first-order valence-corrected chi connectivity index (χ1v) is 7.73. The normalized spacial score (nSPS) is 21.3. The van der Waals surface area contributed by atoms with E-state index in [9.17, 15) is 8.42 Å². The number of sulfonamides is 1. The van der Waals surface area contributed by atoms with Crippen molar-refractivity contribution >= 4 is 10.0 Å². The van der Waals surface area contributed by atoms with Gasteiger partial charge in [0.2, 0.25) is 10.0 Å². The molecular weight excluding hydrogens is 248 g/mol. The van der Waals surface area contributed by atoms with Crippen molar-refractivity contribution < 1.29 is 8.42 Å². The smallest absolute Gasteiger partial charge is 0.243 e. The number of rotatable bonds is 4. The zero-order chi connectivity index (χ0) is 13.2. The third kappa shape index (κ3) is 2.43. The molecule has 1 aromatic carbocycles. The van der Waals surface area contributed by atoms with Crippen molar-refractivity contribution in [1.29, 1.82) is 0 Å². The van der Waals surface area contributed by atoms with E-state index in [1.54, 1.807) is 16.4 Å². The quantitative estimate of drug-likeness (QED) is 0.897. The summed E-state index contributed by atoms with van der Waals surface area (Å²) < 4.78 is 26.9. The van der Waals surface area contributed by atoms with Gasteiger partial charge in [-0.3, -0.25) is 0 Å². The summed E-state index contributed by atoms with van der Waals surface area (Å²) in [5.74, 6) is 0. The van der Waals surface area contributed by atoms with Gasteiger partial charge in [0.25, 0.3) is 0 Å². The highest BCUT2D eigenvalue weighted by Crippen LogP contribution is 2.27. The molecule has 1 saturated heterocycles. The highest BCUT2D eigenvalue weighted by atomic mass is 32.2. The molecule has 0 saturated carbocycles. The van der Waals surface area contributed by atoms with E-state index in [1.165, 1.54) is 0 Å². The van der Waals surface area contributed by atoms with E-state index in [0.29, 0.717) is 18.0 Å². The predicted molar refractivity (Wildman–Crippen MR) is 72.0 cm³/mol. The number of likely N-dealkylation sites (N-methyl/N-ethyl adjacent to an activating group) is 1. The van der Waals surface area contributed by atoms with Crippen LogP contribution in [0.1, 0.15) is 18.4 Å². The van der Waals surface area contributed by atoms with Crippen LogP contribution in [-0.2, 0) is 10.0 Å². The van der Waals surface area contributed by atoms with Crippen LogP contribution in [0, 0.1) is 6.92 Å². The molecule has 1 aliphatic rings. The van der Waals surface area contributed by atoms with E-state index >= 15 is 0 Å². The Morgan fingerprint density at radius 2 is 2.11 bits per heavy atom. The Morgan fingerprint density at radius 3 is 2.78 bits per heavy atom. The number of nitrogens with one attached hydrogen (secondary N) is 1. The molecule has 1 aliphatic heterocycles. The molecule has 1 unspecified atom stereocenters. The second-order valence-corrected chi connectivity index (χ2v) is 6.59. The van der Waals surface area contributed by atoms with Gasteiger partial charge in [-0.05, 0) is 38.4 Å². The third-order valence-electron chi connectivity index (χ3n) is 3.44. The molecule has 18 heavy (non-hydrogen) atoms. The maximum Gasteiger partial charge on any atom is 0.243 e. The molecular formula is C13H20N2O2S. The van der Waals surface area contributed by atoms with Crippen molar-refractivity contribution in [1.82, 2.24) is 9.62 Å². The topological polar surface area (TPSA) is 49.4 Å². The molecule has 1 fully saturated rings. The zero-order valence-corrected chi connectivity index (χ0v) is 11.7. The molecule has 5 heteroatoms. The summed E-state index contributed by atoms with van der Waals surface area (Å²) in [4.78, 5) is 0.438. The highest BCUT2D eigenvalue weighted by molar-refractivity contribution is 7.89. The van der Waals surface area contributed by atoms with Gasteiger partial charge in [-0.1, -0.05) is 18.2 Å². The van der Waals surface area contributed by atoms with E-state index in [1.807, 2.05) is 26.1 Å². The van der Waals surface area contributed by atoms with Crippen molar-refractivity contribution in [2.75, 3.05) is 20.1 Å². The Balaban J connectivity index is 2.34. The van der Waals surface area contributed by atoms with Gasteiger partial charge in [0.15, 0.2) is 0 Å². The Labute approximate surface area is 109 Å². The fourth-order valence-corrected chi connectivity index (χ4v) is 4.46. The van der Waals surface area contributed by atoms with Gasteiger partial charge in [0.1, 0.15) is 0 Å². The lowest BCUT2D eigenvalue weighted by atomic mass is 10.2. The summed E-state index contributed by atoms with van der Waals surface area (Å²) in [6.45, 7) is 3.18. The number of aryl methyl sites for hydroxylation is 1. The van der Waals surface area contributed by atoms with Crippen LogP contribution in [0.15, 0.2) is 29.2 Å². The molecule has 1 heterocycles. The minimum Gasteiger partial charge on any atom is -0.318 e. The number of hydrogen-bond acceptors (Lipinski definition) is 3. The van der Waals surface area contributed by atoms with E-state index in [4.69, 9.17) is 0 Å². The van der Waals surface area contributed by atoms with E-state index in [-0.39, 0.29) is 6.04 Å². The van der Waals surface area contributed by atoms with Crippen LogP contribution >= 0.6 is 0 Å². The average Bonchev–Trinajstić information content (AvgIpc) is 2.79. The van der Waals surface area contributed by atoms with Gasteiger partial charge < -0.3 is 5.32 Å². The van der Waals surface area contributed by atoms with Crippen LogP contribution in [0.4, 0.5) is 0 Å². The maximum atomic E-state index is 12.6. The van der Waals surface area contributed by atoms with Gasteiger partial charge in [0, 0.05) is 19.1 Å². The van der Waals surface area contributed by atoms with Gasteiger partial charge in [-0.2, -0.15) is 4.31 Å². The van der Waals surface area contributed by atoms with E-state index in [2.05, 4.69) is 5.32 Å². The number of benzene rings is 1. The number of nitrogens with zero attached hydrogens (tertiary/aromatic N) is 1. The average molecular weight is 268 g/mol. The molecule has 0 aromatic heterocycles. The van der Waals surface area contributed by atoms with Crippen LogP contribution in [0.25, 0.3) is 0 Å². The first-order valence-electron chi connectivity index (χ1n) is 6.29. The first kappa shape index (κ1) is 13.5. The molecule has 0 aliphatic carbocycles. The molecule has 1 aromatic rings. The van der Waals surface area contributed by atoms with Crippen LogP contribution in [0.3, 0.4) is 0 Å². The summed E-state index contributed by atoms with van der Waals surface area (Å²) in [6, 6.07) is 7.27. The zero-order valence-electron chi connectivity index (χ0n) is 10.9. The Morgan fingerprint density at radius 1 is 1.39 bits per heavy atom. The largest absolute Gasteiger partial charge is 0.318 e. The van der Waals surface area contributed by atoms with Crippen LogP contribution in [0.5, 0.6) is 0 Å². The molecule has 0 spiro atoms. The predicted octanol–water partition coefficient (Wildman–Crippen LogP) is 1.37. The lowest BCUT2D eigenvalue weighted by Gasteiger charge is -2.24. The van der Waals surface area contributed by atoms with E-state index in [0.717, 1.165) is 18.4 Å². The van der Waals surface area contributed by atoms with Crippen molar-refractivity contribution in [3.8, 4) is 0 Å². The van der Waals surface area contributed by atoms with Gasteiger partial charge in [0.05, 0.1) is 4.90 Å². The SMILES string of the molecule is CNCC1CCCN1S(=O)(=O)c1ccccc1C. The van der Waals surface area contributed by atoms with E-state index < -0.39 is 10.0 Å². The number of hydrogen-bond donors (Lipinski definition) is 1. The van der Waals surface area contributed by atoms with Gasteiger partial charge in [-0.25, -0.2) is 8.42 Å². The summed E-state index contributed by atoms with van der Waals surface area (Å²) in [5, 5.41) is 3.07. The van der Waals surface area contributed by atoms with Crippen LogP contribution in [-0.4, -0.2) is 38.9 Å². The molecule has 4 nitrogen and oxygen atoms in total. The molecule has 0 bridgehead atoms. The standard InChI is InChI=1S/C13H20N2O2S/c1-11-6-3-4-8-13(11)18(16,17)15-9-5-7-12(15)10-14-2/h3-4,6,8,12,14H,5,7,9-10H2,1-2H3. The second kappa shape index (κ2) is 5.38. The van der Waals surface area contributed by atoms with Gasteiger partial charge >= 0.3 is 0 Å². The fraction of sp³-hybridized carbons (Fsp3) is 0.538. The van der Waals surface area contributed by atoms with Crippen molar-refractivity contribution in [3.05, 3.63) is 29.8 Å². The molecule has 1 atom stereocenters. The molecule has 0 radical (unpaired) electrons. The third-order valence-corrected chi connectivity index (χ3v) is 5.56. The Hall–Kier alpha value is -0.910. The van der Waals surface area contributed by atoms with Gasteiger partial charge in [-0.15, -0.1) is 0 Å². The lowest BCUT2D eigenvalue weighted by Crippen LogP contribution is -2.40. The monoisotopic (exact) mass is 268 g/mol. The summed E-state index contributed by atoms with van der Waals surface area (Å²) in [7, 11) is -1.49. The summed E-state index contributed by atoms with van der Waals surface area (Å²) in [6.07, 6.45) is 1.88. The molecule has 0 amide bonds. The van der Waals surface area contributed by atoms with Crippen molar-refractivity contribution in [2.45, 2.75) is 30.7 Å². The molecule has 1 N–H and O–H groups in total. The molecule has 2 rings (SSSR count). The lowest BCUT2D eigenvalue weighted by molar-refractivity contribution is 0.379. The van der Waals surface area contributed by atoms with Crippen molar-refractivity contribution in [2.24, 2.45) is 0 Å².